The number of aliphatic hydroxyl groups is 1. The molecule has 0 bridgehead atoms. The summed E-state index contributed by atoms with van der Waals surface area (Å²) in [5, 5.41) is 19.3. The molecule has 0 aromatic heterocycles. The van der Waals surface area contributed by atoms with Crippen LogP contribution in [0.25, 0.3) is 0 Å². The second kappa shape index (κ2) is 3.53. The van der Waals surface area contributed by atoms with Crippen LogP contribution in [-0.4, -0.2) is 16.8 Å². The van der Waals surface area contributed by atoms with Gasteiger partial charge in [0.15, 0.2) is 0 Å². The van der Waals surface area contributed by atoms with Crippen molar-refractivity contribution in [1.82, 2.24) is 0 Å². The summed E-state index contributed by atoms with van der Waals surface area (Å²) >= 11 is 0. The van der Waals surface area contributed by atoms with Crippen molar-refractivity contribution in [2.75, 3.05) is 6.61 Å². The van der Waals surface area contributed by atoms with Gasteiger partial charge in [-0.05, 0) is 35.8 Å². The molecule has 1 aliphatic rings. The van der Waals surface area contributed by atoms with Crippen molar-refractivity contribution in [2.45, 2.75) is 32.6 Å². The Kier molecular flexibility index (Phi) is 2.47. The van der Waals surface area contributed by atoms with Crippen LogP contribution in [0.3, 0.4) is 0 Å². The lowest BCUT2D eigenvalue weighted by Crippen LogP contribution is -2.24. The van der Waals surface area contributed by atoms with Gasteiger partial charge in [0, 0.05) is 12.2 Å². The van der Waals surface area contributed by atoms with E-state index in [1.807, 2.05) is 6.07 Å². The first-order valence-electron chi connectivity index (χ1n) is 5.48. The summed E-state index contributed by atoms with van der Waals surface area (Å²) in [5.74, 6) is 0.662. The molecule has 2 N–H and O–H groups in total. The molecule has 2 heteroatoms. The van der Waals surface area contributed by atoms with Crippen molar-refractivity contribution >= 4 is 0 Å². The third-order valence-electron chi connectivity index (χ3n) is 3.58. The van der Waals surface area contributed by atoms with Gasteiger partial charge in [-0.2, -0.15) is 0 Å². The van der Waals surface area contributed by atoms with Crippen LogP contribution in [0.1, 0.15) is 37.3 Å². The average molecular weight is 206 g/mol. The highest BCUT2D eigenvalue weighted by Crippen LogP contribution is 2.48. The first kappa shape index (κ1) is 10.5. The molecule has 0 aliphatic heterocycles. The smallest absolute Gasteiger partial charge is 0.119 e. The van der Waals surface area contributed by atoms with Crippen LogP contribution in [0.5, 0.6) is 5.75 Å². The largest absolute Gasteiger partial charge is 0.508 e. The van der Waals surface area contributed by atoms with Crippen molar-refractivity contribution in [3.05, 3.63) is 29.3 Å². The van der Waals surface area contributed by atoms with Crippen LogP contribution in [0.15, 0.2) is 18.2 Å². The molecule has 1 aromatic carbocycles. The molecule has 0 saturated carbocycles. The van der Waals surface area contributed by atoms with Crippen LogP contribution in [-0.2, 0) is 6.42 Å². The first-order valence-corrected chi connectivity index (χ1v) is 5.48. The molecule has 15 heavy (non-hydrogen) atoms. The zero-order valence-corrected chi connectivity index (χ0v) is 9.33. The maximum atomic E-state index is 9.88. The summed E-state index contributed by atoms with van der Waals surface area (Å²) in [6.07, 6.45) is 2.04. The number of phenols is 1. The zero-order valence-electron chi connectivity index (χ0n) is 9.33. The van der Waals surface area contributed by atoms with Gasteiger partial charge in [-0.25, -0.2) is 0 Å². The van der Waals surface area contributed by atoms with E-state index >= 15 is 0 Å². The number of aromatic hydroxyl groups is 1. The van der Waals surface area contributed by atoms with Gasteiger partial charge < -0.3 is 10.2 Å². The monoisotopic (exact) mass is 206 g/mol. The first-order chi connectivity index (χ1) is 7.06. The Morgan fingerprint density at radius 1 is 1.40 bits per heavy atom. The van der Waals surface area contributed by atoms with Crippen molar-refractivity contribution in [3.8, 4) is 5.75 Å². The molecular weight excluding hydrogens is 188 g/mol. The second-order valence-electron chi connectivity index (χ2n) is 5.09. The van der Waals surface area contributed by atoms with E-state index in [4.69, 9.17) is 0 Å². The SMILES string of the molecule is CC(C)(CO)C1CCc2cccc(O)c21. The van der Waals surface area contributed by atoms with Gasteiger partial charge in [0.1, 0.15) is 5.75 Å². The van der Waals surface area contributed by atoms with Crippen LogP contribution in [0.4, 0.5) is 0 Å². The molecule has 0 spiro atoms. The van der Waals surface area contributed by atoms with E-state index in [-0.39, 0.29) is 17.9 Å². The average Bonchev–Trinajstić information content (AvgIpc) is 2.63. The summed E-state index contributed by atoms with van der Waals surface area (Å²) < 4.78 is 0. The summed E-state index contributed by atoms with van der Waals surface area (Å²) in [6, 6.07) is 5.70. The van der Waals surface area contributed by atoms with Crippen LogP contribution >= 0.6 is 0 Å². The Hall–Kier alpha value is -1.02. The molecule has 0 fully saturated rings. The Labute approximate surface area is 90.6 Å². The standard InChI is InChI=1S/C13H18O2/c1-13(2,8-14)10-7-6-9-4-3-5-11(15)12(9)10/h3-5,10,14-15H,6-8H2,1-2H3. The molecule has 2 nitrogen and oxygen atoms in total. The number of hydrogen-bond acceptors (Lipinski definition) is 2. The Morgan fingerprint density at radius 2 is 2.13 bits per heavy atom. The van der Waals surface area contributed by atoms with Crippen molar-refractivity contribution < 1.29 is 10.2 Å². The molecular formula is C13H18O2. The molecule has 1 atom stereocenters. The topological polar surface area (TPSA) is 40.5 Å². The lowest BCUT2D eigenvalue weighted by Gasteiger charge is -2.30. The highest BCUT2D eigenvalue weighted by atomic mass is 16.3. The Bertz CT molecular complexity index is 369. The number of benzene rings is 1. The van der Waals surface area contributed by atoms with E-state index in [0.29, 0.717) is 5.75 Å². The van der Waals surface area contributed by atoms with Crippen LogP contribution < -0.4 is 0 Å². The third kappa shape index (κ3) is 1.63. The lowest BCUT2D eigenvalue weighted by molar-refractivity contribution is 0.129. The fourth-order valence-electron chi connectivity index (χ4n) is 2.56. The zero-order chi connectivity index (χ0) is 11.1. The predicted octanol–water partition coefficient (Wildman–Crippen LogP) is 2.44. The molecule has 0 heterocycles. The molecule has 0 saturated heterocycles. The summed E-state index contributed by atoms with van der Waals surface area (Å²) in [6.45, 7) is 4.27. The quantitative estimate of drug-likeness (QED) is 0.780. The van der Waals surface area contributed by atoms with E-state index in [1.54, 1.807) is 6.07 Å². The van der Waals surface area contributed by atoms with Crippen molar-refractivity contribution in [1.29, 1.82) is 0 Å². The highest BCUT2D eigenvalue weighted by Gasteiger charge is 2.36. The van der Waals surface area contributed by atoms with Gasteiger partial charge >= 0.3 is 0 Å². The van der Waals surface area contributed by atoms with E-state index < -0.39 is 0 Å². The van der Waals surface area contributed by atoms with Gasteiger partial charge in [0.2, 0.25) is 0 Å². The highest BCUT2D eigenvalue weighted by molar-refractivity contribution is 5.46. The number of aliphatic hydroxyl groups excluding tert-OH is 1. The number of phenolic OH excluding ortho intramolecular Hbond substituents is 1. The molecule has 1 aromatic rings. The van der Waals surface area contributed by atoms with Gasteiger partial charge in [-0.1, -0.05) is 26.0 Å². The lowest BCUT2D eigenvalue weighted by atomic mass is 9.76. The third-order valence-corrected chi connectivity index (χ3v) is 3.58. The predicted molar refractivity (Wildman–Crippen MR) is 60.0 cm³/mol. The summed E-state index contributed by atoms with van der Waals surface area (Å²) in [5.41, 5.74) is 2.14. The minimum atomic E-state index is -0.149. The number of fused-ring (bicyclic) bond motifs is 1. The van der Waals surface area contributed by atoms with E-state index in [1.165, 1.54) is 5.56 Å². The minimum Gasteiger partial charge on any atom is -0.508 e. The van der Waals surface area contributed by atoms with Crippen LogP contribution in [0.2, 0.25) is 0 Å². The summed E-state index contributed by atoms with van der Waals surface area (Å²) in [7, 11) is 0. The van der Waals surface area contributed by atoms with Gasteiger partial charge in [0.25, 0.3) is 0 Å². The van der Waals surface area contributed by atoms with E-state index in [9.17, 15) is 10.2 Å². The van der Waals surface area contributed by atoms with Crippen LogP contribution in [0, 0.1) is 5.41 Å². The fraction of sp³-hybridized carbons (Fsp3) is 0.538. The molecule has 2 rings (SSSR count). The maximum Gasteiger partial charge on any atom is 0.119 e. The molecule has 1 unspecified atom stereocenters. The van der Waals surface area contributed by atoms with Gasteiger partial charge in [-0.3, -0.25) is 0 Å². The van der Waals surface area contributed by atoms with Gasteiger partial charge in [-0.15, -0.1) is 0 Å². The van der Waals surface area contributed by atoms with Crippen molar-refractivity contribution in [3.63, 3.8) is 0 Å². The second-order valence-corrected chi connectivity index (χ2v) is 5.09. The molecule has 82 valence electrons. The Balaban J connectivity index is 2.44. The molecule has 0 amide bonds. The molecule has 0 radical (unpaired) electrons. The fourth-order valence-corrected chi connectivity index (χ4v) is 2.56. The number of hydrogen-bond donors (Lipinski definition) is 2. The minimum absolute atomic E-state index is 0.149. The maximum absolute atomic E-state index is 9.88. The molecule has 1 aliphatic carbocycles. The number of rotatable bonds is 2. The summed E-state index contributed by atoms with van der Waals surface area (Å²) in [4.78, 5) is 0. The van der Waals surface area contributed by atoms with E-state index in [0.717, 1.165) is 18.4 Å². The van der Waals surface area contributed by atoms with Gasteiger partial charge in [0.05, 0.1) is 0 Å². The normalized spacial score (nSPS) is 20.3. The number of aryl methyl sites for hydroxylation is 1. The van der Waals surface area contributed by atoms with E-state index in [2.05, 4.69) is 19.9 Å². The van der Waals surface area contributed by atoms with Crippen molar-refractivity contribution in [2.24, 2.45) is 5.41 Å². The Morgan fingerprint density at radius 3 is 2.80 bits per heavy atom.